The molecule has 0 radical (unpaired) electrons. The van der Waals surface area contributed by atoms with Crippen molar-refractivity contribution >= 4 is 35.5 Å². The molecule has 0 spiro atoms. The van der Waals surface area contributed by atoms with Crippen LogP contribution >= 0.6 is 11.8 Å². The zero-order chi connectivity index (χ0) is 22.7. The van der Waals surface area contributed by atoms with Gasteiger partial charge in [-0.25, -0.2) is 4.79 Å². The van der Waals surface area contributed by atoms with Crippen LogP contribution < -0.4 is 21.7 Å². The number of hydrogen-bond donors (Lipinski definition) is 5. The predicted octanol–water partition coefficient (Wildman–Crippen LogP) is 0.328. The first-order valence-electron chi connectivity index (χ1n) is 9.79. The molecular formula is C19H36N4O5S. The Balaban J connectivity index is 5.02. The number of thioether (sulfide) groups is 1. The molecule has 0 aromatic heterocycles. The highest BCUT2D eigenvalue weighted by molar-refractivity contribution is 7.98. The van der Waals surface area contributed by atoms with Crippen LogP contribution in [0.15, 0.2) is 0 Å². The van der Waals surface area contributed by atoms with Crippen molar-refractivity contribution in [1.82, 2.24) is 16.0 Å². The first kappa shape index (κ1) is 27.2. The van der Waals surface area contributed by atoms with Crippen molar-refractivity contribution < 1.29 is 24.3 Å². The van der Waals surface area contributed by atoms with Crippen LogP contribution in [0.5, 0.6) is 0 Å². The van der Waals surface area contributed by atoms with Crippen LogP contribution in [0.4, 0.5) is 0 Å². The van der Waals surface area contributed by atoms with Crippen LogP contribution in [0.25, 0.3) is 0 Å². The second-order valence-electron chi connectivity index (χ2n) is 7.87. The van der Waals surface area contributed by atoms with Gasteiger partial charge in [-0.1, -0.05) is 27.7 Å². The van der Waals surface area contributed by atoms with Gasteiger partial charge in [-0.2, -0.15) is 11.8 Å². The quantitative estimate of drug-likeness (QED) is 0.281. The number of nitrogens with one attached hydrogen (secondary N) is 3. The molecule has 6 N–H and O–H groups in total. The van der Waals surface area contributed by atoms with Gasteiger partial charge in [-0.05, 0) is 43.6 Å². The summed E-state index contributed by atoms with van der Waals surface area (Å²) in [7, 11) is 0. The van der Waals surface area contributed by atoms with E-state index in [1.807, 2.05) is 34.0 Å². The molecule has 0 saturated carbocycles. The molecule has 0 rings (SSSR count). The van der Waals surface area contributed by atoms with Crippen LogP contribution in [-0.4, -0.2) is 65.0 Å². The first-order chi connectivity index (χ1) is 13.4. The van der Waals surface area contributed by atoms with E-state index in [0.717, 1.165) is 0 Å². The maximum atomic E-state index is 12.6. The fraction of sp³-hybridized carbons (Fsp3) is 0.789. The molecule has 0 fully saturated rings. The number of carbonyl (C=O) groups is 4. The van der Waals surface area contributed by atoms with E-state index in [-0.39, 0.29) is 18.3 Å². The van der Waals surface area contributed by atoms with Gasteiger partial charge in [-0.15, -0.1) is 0 Å². The molecule has 4 atom stereocenters. The summed E-state index contributed by atoms with van der Waals surface area (Å²) >= 11 is 1.48. The van der Waals surface area contributed by atoms with Crippen LogP contribution in [0.1, 0.15) is 47.5 Å². The highest BCUT2D eigenvalue weighted by atomic mass is 32.2. The maximum Gasteiger partial charge on any atom is 0.326 e. The summed E-state index contributed by atoms with van der Waals surface area (Å²) in [6.45, 7) is 8.91. The summed E-state index contributed by atoms with van der Waals surface area (Å²) in [4.78, 5) is 48.5. The van der Waals surface area contributed by atoms with Crippen molar-refractivity contribution in [1.29, 1.82) is 0 Å². The second kappa shape index (κ2) is 13.4. The Hall–Kier alpha value is -1.81. The molecule has 0 heterocycles. The van der Waals surface area contributed by atoms with Crippen molar-refractivity contribution in [3.05, 3.63) is 0 Å². The van der Waals surface area contributed by atoms with Gasteiger partial charge in [0.05, 0.1) is 6.04 Å². The van der Waals surface area contributed by atoms with Gasteiger partial charge in [0.1, 0.15) is 18.1 Å². The third-order valence-electron chi connectivity index (χ3n) is 4.34. The minimum Gasteiger partial charge on any atom is -0.480 e. The van der Waals surface area contributed by atoms with Crippen molar-refractivity contribution in [3.63, 3.8) is 0 Å². The van der Waals surface area contributed by atoms with Gasteiger partial charge >= 0.3 is 5.97 Å². The Bertz CT molecular complexity index is 571. The minimum atomic E-state index is -1.13. The Kier molecular flexibility index (Phi) is 12.6. The van der Waals surface area contributed by atoms with Crippen LogP contribution in [-0.2, 0) is 19.2 Å². The second-order valence-corrected chi connectivity index (χ2v) is 8.86. The van der Waals surface area contributed by atoms with Crippen molar-refractivity contribution in [2.24, 2.45) is 17.6 Å². The van der Waals surface area contributed by atoms with Gasteiger partial charge in [-0.3, -0.25) is 14.4 Å². The number of amides is 3. The molecular weight excluding hydrogens is 396 g/mol. The molecule has 29 heavy (non-hydrogen) atoms. The molecule has 168 valence electrons. The van der Waals surface area contributed by atoms with Gasteiger partial charge in [0.25, 0.3) is 0 Å². The van der Waals surface area contributed by atoms with Crippen LogP contribution in [0.2, 0.25) is 0 Å². The number of carboxylic acid groups (broad SMARTS) is 1. The standard InChI is InChI=1S/C19H36N4O5S/c1-10(2)9-14(23-18(26)15(20)11(3)4)17(25)21-12(5)16(24)22-13(19(27)28)7-8-29-6/h10-15H,7-9,20H2,1-6H3,(H,21,25)(H,22,24)(H,23,26)(H,27,28). The molecule has 0 aliphatic carbocycles. The molecule has 0 bridgehead atoms. The van der Waals surface area contributed by atoms with Gasteiger partial charge < -0.3 is 26.8 Å². The minimum absolute atomic E-state index is 0.0864. The zero-order valence-electron chi connectivity index (χ0n) is 18.2. The normalized spacial score (nSPS) is 15.3. The average molecular weight is 433 g/mol. The summed E-state index contributed by atoms with van der Waals surface area (Å²) in [6, 6.07) is -3.56. The topological polar surface area (TPSA) is 151 Å². The summed E-state index contributed by atoms with van der Waals surface area (Å²) in [6.07, 6.45) is 2.50. The zero-order valence-corrected chi connectivity index (χ0v) is 19.0. The number of carbonyl (C=O) groups excluding carboxylic acids is 3. The number of rotatable bonds is 13. The summed E-state index contributed by atoms with van der Waals surface area (Å²) < 4.78 is 0. The lowest BCUT2D eigenvalue weighted by Gasteiger charge is -2.25. The first-order valence-corrected chi connectivity index (χ1v) is 11.2. The lowest BCUT2D eigenvalue weighted by atomic mass is 10.0. The van der Waals surface area contributed by atoms with E-state index in [1.165, 1.54) is 18.7 Å². The van der Waals surface area contributed by atoms with E-state index in [0.29, 0.717) is 12.2 Å². The van der Waals surface area contributed by atoms with E-state index in [9.17, 15) is 24.3 Å². The predicted molar refractivity (Wildman–Crippen MR) is 114 cm³/mol. The van der Waals surface area contributed by atoms with Gasteiger partial charge in [0.2, 0.25) is 17.7 Å². The fourth-order valence-electron chi connectivity index (χ4n) is 2.44. The fourth-order valence-corrected chi connectivity index (χ4v) is 2.91. The number of aliphatic carboxylic acids is 1. The molecule has 0 aromatic rings. The summed E-state index contributed by atoms with van der Waals surface area (Å²) in [5, 5.41) is 16.9. The van der Waals surface area contributed by atoms with E-state index >= 15 is 0 Å². The van der Waals surface area contributed by atoms with E-state index in [1.54, 1.807) is 0 Å². The van der Waals surface area contributed by atoms with Crippen LogP contribution in [0, 0.1) is 11.8 Å². The average Bonchev–Trinajstić information content (AvgIpc) is 2.62. The molecule has 4 unspecified atom stereocenters. The third kappa shape index (κ3) is 10.5. The van der Waals surface area contributed by atoms with E-state index in [2.05, 4.69) is 16.0 Å². The maximum absolute atomic E-state index is 12.6. The highest BCUT2D eigenvalue weighted by Gasteiger charge is 2.29. The smallest absolute Gasteiger partial charge is 0.326 e. The Morgan fingerprint density at radius 3 is 1.90 bits per heavy atom. The molecule has 0 aromatic carbocycles. The number of hydrogen-bond acceptors (Lipinski definition) is 6. The molecule has 9 nitrogen and oxygen atoms in total. The third-order valence-corrected chi connectivity index (χ3v) is 4.98. The van der Waals surface area contributed by atoms with Gasteiger partial charge in [0, 0.05) is 0 Å². The van der Waals surface area contributed by atoms with E-state index < -0.39 is 47.9 Å². The van der Waals surface area contributed by atoms with Crippen molar-refractivity contribution in [2.45, 2.75) is 71.6 Å². The number of carboxylic acids is 1. The number of nitrogens with two attached hydrogens (primary N) is 1. The molecule has 3 amide bonds. The van der Waals surface area contributed by atoms with E-state index in [4.69, 9.17) is 5.73 Å². The van der Waals surface area contributed by atoms with Crippen molar-refractivity contribution in [2.75, 3.05) is 12.0 Å². The van der Waals surface area contributed by atoms with Gasteiger partial charge in [0.15, 0.2) is 0 Å². The Morgan fingerprint density at radius 1 is 0.897 bits per heavy atom. The molecule has 0 aliphatic rings. The monoisotopic (exact) mass is 432 g/mol. The van der Waals surface area contributed by atoms with Crippen LogP contribution in [0.3, 0.4) is 0 Å². The highest BCUT2D eigenvalue weighted by Crippen LogP contribution is 2.08. The Labute approximate surface area is 177 Å². The van der Waals surface area contributed by atoms with Crippen molar-refractivity contribution in [3.8, 4) is 0 Å². The SMILES string of the molecule is CSCCC(NC(=O)C(C)NC(=O)C(CC(C)C)NC(=O)C(N)C(C)C)C(=O)O. The largest absolute Gasteiger partial charge is 0.480 e. The Morgan fingerprint density at radius 2 is 1.45 bits per heavy atom. The summed E-state index contributed by atoms with van der Waals surface area (Å²) in [5.41, 5.74) is 5.85. The molecule has 0 saturated heterocycles. The lowest BCUT2D eigenvalue weighted by molar-refractivity contribution is -0.142. The lowest BCUT2D eigenvalue weighted by Crippen LogP contribution is -2.57. The molecule has 0 aliphatic heterocycles. The molecule has 10 heteroatoms. The summed E-state index contributed by atoms with van der Waals surface area (Å²) in [5.74, 6) is -2.05.